The fourth-order valence-electron chi connectivity index (χ4n) is 2.93. The van der Waals surface area contributed by atoms with E-state index in [0.717, 1.165) is 0 Å². The Morgan fingerprint density at radius 2 is 1.92 bits per heavy atom. The number of carbonyl (C=O) groups excluding carboxylic acids is 2. The number of halogens is 2. The number of amides is 2. The van der Waals surface area contributed by atoms with E-state index in [0.29, 0.717) is 11.1 Å². The Morgan fingerprint density at radius 1 is 1.19 bits per heavy atom. The van der Waals surface area contributed by atoms with Crippen molar-refractivity contribution in [2.75, 3.05) is 13.7 Å². The highest BCUT2D eigenvalue weighted by Gasteiger charge is 2.39. The molecule has 0 aromatic heterocycles. The largest absolute Gasteiger partial charge is 0.356 e. The van der Waals surface area contributed by atoms with E-state index in [1.54, 1.807) is 19.2 Å². The zero-order valence-electron chi connectivity index (χ0n) is 14.1. The SMILES string of the molecule is CN1C(=O)CO[C@H](C(=O)NCc2cccc(F)c2)[C@H]1c1ccc(F)cc1. The number of nitrogens with one attached hydrogen (secondary N) is 1. The molecule has 3 rings (SSSR count). The monoisotopic (exact) mass is 360 g/mol. The Hall–Kier alpha value is -2.80. The first-order valence-electron chi connectivity index (χ1n) is 8.10. The van der Waals surface area contributed by atoms with Gasteiger partial charge in [0.05, 0.1) is 6.04 Å². The summed E-state index contributed by atoms with van der Waals surface area (Å²) in [5, 5.41) is 2.70. The summed E-state index contributed by atoms with van der Waals surface area (Å²) >= 11 is 0. The Kier molecular flexibility index (Phi) is 5.27. The first-order valence-corrected chi connectivity index (χ1v) is 8.10. The van der Waals surface area contributed by atoms with Crippen molar-refractivity contribution in [1.29, 1.82) is 0 Å². The van der Waals surface area contributed by atoms with Gasteiger partial charge in [-0.05, 0) is 35.4 Å². The Labute approximate surface area is 149 Å². The summed E-state index contributed by atoms with van der Waals surface area (Å²) in [7, 11) is 1.58. The van der Waals surface area contributed by atoms with Crippen molar-refractivity contribution >= 4 is 11.8 Å². The van der Waals surface area contributed by atoms with Crippen LogP contribution < -0.4 is 5.32 Å². The highest BCUT2D eigenvalue weighted by molar-refractivity contribution is 5.86. The van der Waals surface area contributed by atoms with Gasteiger partial charge in [-0.3, -0.25) is 9.59 Å². The van der Waals surface area contributed by atoms with Crippen LogP contribution in [0.1, 0.15) is 17.2 Å². The van der Waals surface area contributed by atoms with Gasteiger partial charge >= 0.3 is 0 Å². The minimum absolute atomic E-state index is 0.129. The number of nitrogens with zero attached hydrogens (tertiary/aromatic N) is 1. The third-order valence-electron chi connectivity index (χ3n) is 4.31. The van der Waals surface area contributed by atoms with E-state index in [2.05, 4.69) is 5.32 Å². The maximum Gasteiger partial charge on any atom is 0.251 e. The third kappa shape index (κ3) is 3.88. The molecule has 0 unspecified atom stereocenters. The quantitative estimate of drug-likeness (QED) is 0.909. The van der Waals surface area contributed by atoms with Crippen LogP contribution in [-0.2, 0) is 20.9 Å². The summed E-state index contributed by atoms with van der Waals surface area (Å²) in [6.07, 6.45) is -0.947. The van der Waals surface area contributed by atoms with Crippen molar-refractivity contribution in [2.45, 2.75) is 18.7 Å². The van der Waals surface area contributed by atoms with Crippen LogP contribution in [0.15, 0.2) is 48.5 Å². The normalized spacial score (nSPS) is 20.1. The summed E-state index contributed by atoms with van der Waals surface area (Å²) in [6, 6.07) is 10.8. The first-order chi connectivity index (χ1) is 12.5. The third-order valence-corrected chi connectivity index (χ3v) is 4.31. The van der Waals surface area contributed by atoms with Crippen molar-refractivity contribution in [2.24, 2.45) is 0 Å². The first kappa shape index (κ1) is 18.0. The van der Waals surface area contributed by atoms with Gasteiger partial charge in [0.2, 0.25) is 5.91 Å². The molecule has 2 atom stereocenters. The number of benzene rings is 2. The summed E-state index contributed by atoms with van der Waals surface area (Å²) in [5.74, 6) is -1.50. The molecule has 7 heteroatoms. The van der Waals surface area contributed by atoms with E-state index in [-0.39, 0.29) is 24.9 Å². The lowest BCUT2D eigenvalue weighted by Gasteiger charge is -2.38. The molecule has 1 aliphatic heterocycles. The molecule has 1 aliphatic rings. The second-order valence-electron chi connectivity index (χ2n) is 6.08. The maximum absolute atomic E-state index is 13.2. The van der Waals surface area contributed by atoms with Gasteiger partial charge in [0, 0.05) is 13.6 Å². The fraction of sp³-hybridized carbons (Fsp3) is 0.263. The van der Waals surface area contributed by atoms with E-state index in [1.165, 1.54) is 41.3 Å². The van der Waals surface area contributed by atoms with Gasteiger partial charge in [0.1, 0.15) is 18.2 Å². The molecule has 136 valence electrons. The number of ether oxygens (including phenoxy) is 1. The lowest BCUT2D eigenvalue weighted by atomic mass is 9.97. The van der Waals surface area contributed by atoms with Crippen molar-refractivity contribution in [3.05, 3.63) is 71.3 Å². The van der Waals surface area contributed by atoms with Gasteiger partial charge in [0.25, 0.3) is 5.91 Å². The van der Waals surface area contributed by atoms with Crippen LogP contribution in [0.25, 0.3) is 0 Å². The van der Waals surface area contributed by atoms with Crippen molar-refractivity contribution in [3.8, 4) is 0 Å². The smallest absolute Gasteiger partial charge is 0.251 e. The van der Waals surface area contributed by atoms with Crippen molar-refractivity contribution in [3.63, 3.8) is 0 Å². The number of hydrogen-bond acceptors (Lipinski definition) is 3. The highest BCUT2D eigenvalue weighted by Crippen LogP contribution is 2.29. The minimum atomic E-state index is -0.947. The van der Waals surface area contributed by atoms with Gasteiger partial charge in [-0.15, -0.1) is 0 Å². The van der Waals surface area contributed by atoms with Crippen LogP contribution in [0.4, 0.5) is 8.78 Å². The van der Waals surface area contributed by atoms with E-state index < -0.39 is 23.9 Å². The molecule has 26 heavy (non-hydrogen) atoms. The van der Waals surface area contributed by atoms with Crippen molar-refractivity contribution in [1.82, 2.24) is 10.2 Å². The highest BCUT2D eigenvalue weighted by atomic mass is 19.1. The zero-order chi connectivity index (χ0) is 18.7. The van der Waals surface area contributed by atoms with Crippen LogP contribution in [-0.4, -0.2) is 36.5 Å². The van der Waals surface area contributed by atoms with Gasteiger partial charge in [0.15, 0.2) is 6.10 Å². The molecule has 2 aromatic carbocycles. The molecule has 2 amide bonds. The molecule has 0 aliphatic carbocycles. The minimum Gasteiger partial charge on any atom is -0.356 e. The molecular formula is C19H18F2N2O3. The molecule has 5 nitrogen and oxygen atoms in total. The number of rotatable bonds is 4. The van der Waals surface area contributed by atoms with Crippen LogP contribution in [0.2, 0.25) is 0 Å². The summed E-state index contributed by atoms with van der Waals surface area (Å²) in [4.78, 5) is 26.0. The Morgan fingerprint density at radius 3 is 2.62 bits per heavy atom. The van der Waals surface area contributed by atoms with Crippen molar-refractivity contribution < 1.29 is 23.1 Å². The molecule has 1 fully saturated rings. The lowest BCUT2D eigenvalue weighted by Crippen LogP contribution is -2.52. The van der Waals surface area contributed by atoms with Crippen LogP contribution >= 0.6 is 0 Å². The number of morpholine rings is 1. The average molecular weight is 360 g/mol. The second-order valence-corrected chi connectivity index (χ2v) is 6.08. The van der Waals surface area contributed by atoms with Crippen LogP contribution in [0, 0.1) is 11.6 Å². The predicted octanol–water partition coefficient (Wildman–Crippen LogP) is 2.18. The summed E-state index contributed by atoms with van der Waals surface area (Å²) in [5.41, 5.74) is 1.20. The van der Waals surface area contributed by atoms with Gasteiger partial charge < -0.3 is 15.0 Å². The second kappa shape index (κ2) is 7.61. The van der Waals surface area contributed by atoms with E-state index in [9.17, 15) is 18.4 Å². The molecule has 0 radical (unpaired) electrons. The lowest BCUT2D eigenvalue weighted by molar-refractivity contribution is -0.162. The van der Waals surface area contributed by atoms with Crippen LogP contribution in [0.3, 0.4) is 0 Å². The van der Waals surface area contributed by atoms with Gasteiger partial charge in [-0.2, -0.15) is 0 Å². The summed E-state index contributed by atoms with van der Waals surface area (Å²) < 4.78 is 31.9. The Balaban J connectivity index is 1.77. The average Bonchev–Trinajstić information content (AvgIpc) is 2.63. The molecule has 1 heterocycles. The standard InChI is InChI=1S/C19H18F2N2O3/c1-23-16(24)11-26-18(17(23)13-5-7-14(20)8-6-13)19(25)22-10-12-3-2-4-15(21)9-12/h2-9,17-18H,10-11H2,1H3,(H,22,25)/t17-,18+/m1/s1. The van der Waals surface area contributed by atoms with Crippen LogP contribution in [0.5, 0.6) is 0 Å². The van der Waals surface area contributed by atoms with E-state index in [1.807, 2.05) is 0 Å². The fourth-order valence-corrected chi connectivity index (χ4v) is 2.93. The molecule has 0 saturated carbocycles. The molecule has 0 bridgehead atoms. The predicted molar refractivity (Wildman–Crippen MR) is 89.9 cm³/mol. The van der Waals surface area contributed by atoms with Gasteiger partial charge in [-0.1, -0.05) is 24.3 Å². The molecule has 0 spiro atoms. The number of hydrogen-bond donors (Lipinski definition) is 1. The summed E-state index contributed by atoms with van der Waals surface area (Å²) in [6.45, 7) is -0.0868. The van der Waals surface area contributed by atoms with Gasteiger partial charge in [-0.25, -0.2) is 8.78 Å². The van der Waals surface area contributed by atoms with E-state index in [4.69, 9.17) is 4.74 Å². The van der Waals surface area contributed by atoms with E-state index >= 15 is 0 Å². The Bertz CT molecular complexity index is 811. The molecule has 1 saturated heterocycles. The zero-order valence-corrected chi connectivity index (χ0v) is 14.1. The molecular weight excluding hydrogens is 342 g/mol. The topological polar surface area (TPSA) is 58.6 Å². The molecule has 1 N–H and O–H groups in total. The number of likely N-dealkylation sites (N-methyl/N-ethyl adjacent to an activating group) is 1. The number of carbonyl (C=O) groups is 2. The molecule has 2 aromatic rings. The maximum atomic E-state index is 13.2.